The van der Waals surface area contributed by atoms with Crippen molar-refractivity contribution in [3.63, 3.8) is 0 Å². The Kier molecular flexibility index (Phi) is 6.47. The lowest BCUT2D eigenvalue weighted by atomic mass is 10.0. The number of hydrogen-bond acceptors (Lipinski definition) is 4. The molecule has 3 aromatic carbocycles. The minimum Gasteiger partial charge on any atom is -0.452 e. The van der Waals surface area contributed by atoms with Gasteiger partial charge in [0.05, 0.1) is 5.56 Å². The molecule has 0 heterocycles. The summed E-state index contributed by atoms with van der Waals surface area (Å²) < 4.78 is 18.5. The average Bonchev–Trinajstić information content (AvgIpc) is 2.77. The van der Waals surface area contributed by atoms with Crippen LogP contribution in [0.5, 0.6) is 0 Å². The van der Waals surface area contributed by atoms with E-state index in [1.54, 1.807) is 42.5 Å². The largest absolute Gasteiger partial charge is 0.452 e. The van der Waals surface area contributed by atoms with Crippen LogP contribution in [0.2, 0.25) is 0 Å². The minimum absolute atomic E-state index is 0.000643. The second-order valence-electron chi connectivity index (χ2n) is 6.22. The SMILES string of the molecule is O=C(COC(=O)c1ccc(C(=O)c2ccccc2)cc1)NCc1ccccc1F. The monoisotopic (exact) mass is 391 g/mol. The number of carbonyl (C=O) groups is 3. The molecule has 1 amide bonds. The summed E-state index contributed by atoms with van der Waals surface area (Å²) in [5.74, 6) is -1.81. The molecule has 5 nitrogen and oxygen atoms in total. The fourth-order valence-corrected chi connectivity index (χ4v) is 2.61. The Bertz CT molecular complexity index is 1020. The van der Waals surface area contributed by atoms with Crippen molar-refractivity contribution in [1.82, 2.24) is 5.32 Å². The van der Waals surface area contributed by atoms with E-state index in [0.717, 1.165) is 0 Å². The minimum atomic E-state index is -0.690. The summed E-state index contributed by atoms with van der Waals surface area (Å²) in [5, 5.41) is 2.49. The third-order valence-corrected chi connectivity index (χ3v) is 4.19. The second kappa shape index (κ2) is 9.41. The molecule has 0 aliphatic heterocycles. The third-order valence-electron chi connectivity index (χ3n) is 4.19. The van der Waals surface area contributed by atoms with Crippen molar-refractivity contribution in [3.8, 4) is 0 Å². The van der Waals surface area contributed by atoms with Crippen LogP contribution in [0.4, 0.5) is 4.39 Å². The maximum atomic E-state index is 13.5. The molecule has 29 heavy (non-hydrogen) atoms. The van der Waals surface area contributed by atoms with Gasteiger partial charge in [0.25, 0.3) is 5.91 Å². The molecular weight excluding hydrogens is 373 g/mol. The number of benzene rings is 3. The maximum Gasteiger partial charge on any atom is 0.338 e. The Morgan fingerprint density at radius 1 is 0.759 bits per heavy atom. The molecule has 3 rings (SSSR count). The summed E-state index contributed by atoms with van der Waals surface area (Å²) in [7, 11) is 0. The highest BCUT2D eigenvalue weighted by atomic mass is 19.1. The van der Waals surface area contributed by atoms with Gasteiger partial charge in [-0.1, -0.05) is 60.7 Å². The number of esters is 1. The lowest BCUT2D eigenvalue weighted by Gasteiger charge is -2.08. The number of ketones is 1. The second-order valence-corrected chi connectivity index (χ2v) is 6.22. The lowest BCUT2D eigenvalue weighted by molar-refractivity contribution is -0.124. The number of hydrogen-bond donors (Lipinski definition) is 1. The molecule has 1 N–H and O–H groups in total. The number of amides is 1. The van der Waals surface area contributed by atoms with Gasteiger partial charge in [-0.2, -0.15) is 0 Å². The van der Waals surface area contributed by atoms with E-state index in [0.29, 0.717) is 16.7 Å². The third kappa shape index (κ3) is 5.35. The van der Waals surface area contributed by atoms with Crippen LogP contribution in [-0.4, -0.2) is 24.3 Å². The van der Waals surface area contributed by atoms with Crippen molar-refractivity contribution in [1.29, 1.82) is 0 Å². The molecule has 0 atom stereocenters. The van der Waals surface area contributed by atoms with E-state index in [1.165, 1.54) is 30.3 Å². The van der Waals surface area contributed by atoms with Crippen molar-refractivity contribution >= 4 is 17.7 Å². The number of carbonyl (C=O) groups excluding carboxylic acids is 3. The zero-order valence-corrected chi connectivity index (χ0v) is 15.4. The van der Waals surface area contributed by atoms with Gasteiger partial charge in [0.15, 0.2) is 12.4 Å². The van der Waals surface area contributed by atoms with E-state index in [-0.39, 0.29) is 17.9 Å². The van der Waals surface area contributed by atoms with Gasteiger partial charge in [0, 0.05) is 23.2 Å². The van der Waals surface area contributed by atoms with Gasteiger partial charge < -0.3 is 10.1 Å². The Balaban J connectivity index is 1.51. The van der Waals surface area contributed by atoms with Gasteiger partial charge in [-0.25, -0.2) is 9.18 Å². The first-order valence-corrected chi connectivity index (χ1v) is 8.91. The molecule has 0 fully saturated rings. The average molecular weight is 391 g/mol. The first-order valence-electron chi connectivity index (χ1n) is 8.91. The van der Waals surface area contributed by atoms with Gasteiger partial charge in [-0.15, -0.1) is 0 Å². The molecule has 0 aliphatic rings. The highest BCUT2D eigenvalue weighted by Gasteiger charge is 2.13. The van der Waals surface area contributed by atoms with Crippen molar-refractivity contribution < 1.29 is 23.5 Å². The summed E-state index contributed by atoms with van der Waals surface area (Å²) in [4.78, 5) is 36.2. The Labute approximate surface area is 167 Å². The lowest BCUT2D eigenvalue weighted by Crippen LogP contribution is -2.28. The number of rotatable bonds is 7. The molecule has 0 aliphatic carbocycles. The van der Waals surface area contributed by atoms with E-state index in [9.17, 15) is 18.8 Å². The number of halogens is 1. The van der Waals surface area contributed by atoms with Gasteiger partial charge >= 0.3 is 5.97 Å². The van der Waals surface area contributed by atoms with E-state index in [4.69, 9.17) is 4.74 Å². The number of ether oxygens (including phenoxy) is 1. The predicted molar refractivity (Wildman–Crippen MR) is 105 cm³/mol. The molecule has 3 aromatic rings. The predicted octanol–water partition coefficient (Wildman–Crippen LogP) is 3.53. The van der Waals surface area contributed by atoms with Gasteiger partial charge in [-0.3, -0.25) is 9.59 Å². The smallest absolute Gasteiger partial charge is 0.338 e. The zero-order chi connectivity index (χ0) is 20.6. The zero-order valence-electron chi connectivity index (χ0n) is 15.4. The van der Waals surface area contributed by atoms with Crippen LogP contribution in [0.15, 0.2) is 78.9 Å². The molecule has 0 unspecified atom stereocenters. The molecule has 0 saturated carbocycles. The van der Waals surface area contributed by atoms with Crippen LogP contribution in [0.1, 0.15) is 31.8 Å². The Morgan fingerprint density at radius 2 is 1.34 bits per heavy atom. The quantitative estimate of drug-likeness (QED) is 0.494. The summed E-state index contributed by atoms with van der Waals surface area (Å²) in [5.41, 5.74) is 1.55. The topological polar surface area (TPSA) is 72.5 Å². The summed E-state index contributed by atoms with van der Waals surface area (Å²) in [6.45, 7) is -0.489. The highest BCUT2D eigenvalue weighted by molar-refractivity contribution is 6.09. The van der Waals surface area contributed by atoms with E-state index in [2.05, 4.69) is 5.32 Å². The maximum absolute atomic E-state index is 13.5. The summed E-state index contributed by atoms with van der Waals surface area (Å²) >= 11 is 0. The molecule has 0 saturated heterocycles. The first kappa shape index (κ1) is 19.9. The van der Waals surface area contributed by atoms with Crippen molar-refractivity contribution in [2.45, 2.75) is 6.54 Å². The van der Waals surface area contributed by atoms with E-state index in [1.807, 2.05) is 6.07 Å². The standard InChI is InChI=1S/C23H18FNO4/c24-20-9-5-4-8-19(20)14-25-21(26)15-29-23(28)18-12-10-17(11-13-18)22(27)16-6-2-1-3-7-16/h1-13H,14-15H2,(H,25,26). The Morgan fingerprint density at radius 3 is 2.03 bits per heavy atom. The molecule has 0 aromatic heterocycles. The molecule has 0 spiro atoms. The van der Waals surface area contributed by atoms with E-state index >= 15 is 0 Å². The van der Waals surface area contributed by atoms with Crippen LogP contribution in [0, 0.1) is 5.82 Å². The molecule has 6 heteroatoms. The molecule has 146 valence electrons. The summed E-state index contributed by atoms with van der Waals surface area (Å²) in [6.07, 6.45) is 0. The number of nitrogens with one attached hydrogen (secondary N) is 1. The molecule has 0 radical (unpaired) electrons. The van der Waals surface area contributed by atoms with Gasteiger partial charge in [-0.05, 0) is 18.2 Å². The fourth-order valence-electron chi connectivity index (χ4n) is 2.61. The van der Waals surface area contributed by atoms with Crippen molar-refractivity contribution in [2.75, 3.05) is 6.61 Å². The highest BCUT2D eigenvalue weighted by Crippen LogP contribution is 2.12. The summed E-state index contributed by atoms with van der Waals surface area (Å²) in [6, 6.07) is 20.9. The Hall–Kier alpha value is -3.80. The molecule has 0 bridgehead atoms. The first-order chi connectivity index (χ1) is 14.0. The van der Waals surface area contributed by atoms with Gasteiger partial charge in [0.1, 0.15) is 5.82 Å². The van der Waals surface area contributed by atoms with E-state index < -0.39 is 24.3 Å². The normalized spacial score (nSPS) is 10.2. The van der Waals surface area contributed by atoms with Crippen LogP contribution in [0.25, 0.3) is 0 Å². The van der Waals surface area contributed by atoms with Crippen molar-refractivity contribution in [2.24, 2.45) is 0 Å². The van der Waals surface area contributed by atoms with Gasteiger partial charge in [0.2, 0.25) is 0 Å². The van der Waals surface area contributed by atoms with Crippen LogP contribution < -0.4 is 5.32 Å². The van der Waals surface area contributed by atoms with Crippen LogP contribution >= 0.6 is 0 Å². The molecular formula is C23H18FNO4. The van der Waals surface area contributed by atoms with Crippen LogP contribution in [0.3, 0.4) is 0 Å². The fraction of sp³-hybridized carbons (Fsp3) is 0.0870. The van der Waals surface area contributed by atoms with Crippen LogP contribution in [-0.2, 0) is 16.1 Å². The van der Waals surface area contributed by atoms with Crippen molar-refractivity contribution in [3.05, 3.63) is 107 Å².